The van der Waals surface area contributed by atoms with E-state index in [-0.39, 0.29) is 30.3 Å². The predicted octanol–water partition coefficient (Wildman–Crippen LogP) is 3.28. The maximum Gasteiger partial charge on any atom is 0.274 e. The molecule has 2 aliphatic heterocycles. The molecule has 1 aromatic heterocycles. The molecular weight excluding hydrogens is 451 g/mol. The molecule has 1 aromatic carbocycles. The van der Waals surface area contributed by atoms with Crippen LogP contribution in [0.25, 0.3) is 0 Å². The number of nitrogens with one attached hydrogen (secondary N) is 1. The number of aliphatic imine (C=N–C) groups is 1. The lowest BCUT2D eigenvalue weighted by Crippen LogP contribution is -2.57. The number of halogens is 1. The first-order valence-corrected chi connectivity index (χ1v) is 11.9. The standard InChI is InChI=1S/C22H27FN4O5S/c1-12-7-14(31-4)9-25-18(12)19(28)26-13-5-6-16(23)15(8-13)22-11-32-10-17(22)33(29,30)21(2,3)20(24)27-22/h5-9,17,29-30H,10-11H2,1-4H3,(H2,24,27)(H,26,28)/t17-,22?/m0/s1. The van der Waals surface area contributed by atoms with Crippen molar-refractivity contribution in [2.45, 2.75) is 36.3 Å². The highest BCUT2D eigenvalue weighted by Crippen LogP contribution is 2.66. The van der Waals surface area contributed by atoms with Crippen LogP contribution in [0.5, 0.6) is 5.75 Å². The molecular formula is C22H27FN4O5S. The molecule has 1 saturated heterocycles. The van der Waals surface area contributed by atoms with Gasteiger partial charge in [-0.15, -0.1) is 0 Å². The lowest BCUT2D eigenvalue weighted by atomic mass is 9.87. The van der Waals surface area contributed by atoms with Gasteiger partial charge in [0.05, 0.1) is 26.5 Å². The first-order valence-electron chi connectivity index (χ1n) is 10.3. The smallest absolute Gasteiger partial charge is 0.274 e. The van der Waals surface area contributed by atoms with Gasteiger partial charge in [-0.25, -0.2) is 9.37 Å². The third-order valence-corrected chi connectivity index (χ3v) is 9.43. The molecule has 0 bridgehead atoms. The van der Waals surface area contributed by atoms with E-state index in [0.717, 1.165) is 0 Å². The number of anilines is 1. The van der Waals surface area contributed by atoms with Gasteiger partial charge in [0.2, 0.25) is 0 Å². The van der Waals surface area contributed by atoms with Gasteiger partial charge in [-0.05, 0) is 50.6 Å². The molecule has 33 heavy (non-hydrogen) atoms. The molecule has 9 nitrogen and oxygen atoms in total. The van der Waals surface area contributed by atoms with Gasteiger partial charge in [-0.1, -0.05) is 0 Å². The van der Waals surface area contributed by atoms with Crippen LogP contribution in [0, 0.1) is 12.7 Å². The fourth-order valence-corrected chi connectivity index (χ4v) is 6.36. The summed E-state index contributed by atoms with van der Waals surface area (Å²) in [7, 11) is -1.85. The Morgan fingerprint density at radius 2 is 2.09 bits per heavy atom. The maximum absolute atomic E-state index is 15.1. The first-order chi connectivity index (χ1) is 15.4. The van der Waals surface area contributed by atoms with E-state index < -0.39 is 37.9 Å². The van der Waals surface area contributed by atoms with Gasteiger partial charge in [0.25, 0.3) is 5.91 Å². The van der Waals surface area contributed by atoms with E-state index in [1.54, 1.807) is 26.8 Å². The van der Waals surface area contributed by atoms with Crippen molar-refractivity contribution in [3.63, 3.8) is 0 Å². The number of carbonyl (C=O) groups is 1. The van der Waals surface area contributed by atoms with Crippen molar-refractivity contribution in [1.82, 2.24) is 4.98 Å². The summed E-state index contributed by atoms with van der Waals surface area (Å²) in [5.74, 6) is -0.569. The number of amides is 1. The third-order valence-electron chi connectivity index (χ3n) is 6.40. The molecule has 1 amide bonds. The number of carbonyl (C=O) groups excluding carboxylic acids is 1. The van der Waals surface area contributed by atoms with Crippen molar-refractivity contribution in [3.8, 4) is 5.75 Å². The second-order valence-corrected chi connectivity index (χ2v) is 11.5. The Bertz CT molecular complexity index is 1160. The second kappa shape index (κ2) is 7.94. The van der Waals surface area contributed by atoms with E-state index >= 15 is 4.39 Å². The average molecular weight is 479 g/mol. The lowest BCUT2D eigenvalue weighted by molar-refractivity contribution is 0.102. The summed E-state index contributed by atoms with van der Waals surface area (Å²) in [4.78, 5) is 21.5. The largest absolute Gasteiger partial charge is 0.495 e. The normalized spacial score (nSPS) is 26.2. The van der Waals surface area contributed by atoms with Gasteiger partial charge in [0.15, 0.2) is 0 Å². The van der Waals surface area contributed by atoms with E-state index in [2.05, 4.69) is 15.3 Å². The summed E-state index contributed by atoms with van der Waals surface area (Å²) in [5.41, 5.74) is 5.88. The molecule has 0 radical (unpaired) electrons. The summed E-state index contributed by atoms with van der Waals surface area (Å²) < 4.78 is 46.8. The number of rotatable bonds is 4. The summed E-state index contributed by atoms with van der Waals surface area (Å²) in [6.07, 6.45) is 1.43. The maximum atomic E-state index is 15.1. The molecule has 0 aliphatic carbocycles. The molecule has 2 atom stereocenters. The molecule has 1 unspecified atom stereocenters. The Morgan fingerprint density at radius 1 is 1.36 bits per heavy atom. The number of fused-ring (bicyclic) bond motifs is 1. The van der Waals surface area contributed by atoms with Crippen LogP contribution < -0.4 is 15.8 Å². The van der Waals surface area contributed by atoms with Crippen LogP contribution in [-0.2, 0) is 10.3 Å². The number of aromatic nitrogens is 1. The predicted molar refractivity (Wildman–Crippen MR) is 125 cm³/mol. The van der Waals surface area contributed by atoms with Crippen LogP contribution in [0.4, 0.5) is 10.1 Å². The monoisotopic (exact) mass is 478 g/mol. The van der Waals surface area contributed by atoms with E-state index in [4.69, 9.17) is 15.2 Å². The van der Waals surface area contributed by atoms with Crippen LogP contribution in [-0.4, -0.2) is 56.2 Å². The van der Waals surface area contributed by atoms with Crippen LogP contribution in [0.15, 0.2) is 35.5 Å². The Morgan fingerprint density at radius 3 is 2.76 bits per heavy atom. The Balaban J connectivity index is 1.74. The number of nitrogens with two attached hydrogens (primary N) is 1. The van der Waals surface area contributed by atoms with E-state index in [1.807, 2.05) is 0 Å². The number of nitrogens with zero attached hydrogens (tertiary/aromatic N) is 2. The topological polar surface area (TPSA) is 139 Å². The molecule has 3 heterocycles. The average Bonchev–Trinajstić information content (AvgIpc) is 3.19. The van der Waals surface area contributed by atoms with Gasteiger partial charge in [0.1, 0.15) is 38.6 Å². The molecule has 5 N–H and O–H groups in total. The van der Waals surface area contributed by atoms with Crippen LogP contribution in [0.2, 0.25) is 0 Å². The summed E-state index contributed by atoms with van der Waals surface area (Å²) >= 11 is 0. The van der Waals surface area contributed by atoms with E-state index in [1.165, 1.54) is 31.5 Å². The molecule has 11 heteroatoms. The molecule has 2 aromatic rings. The quantitative estimate of drug-likeness (QED) is 0.529. The van der Waals surface area contributed by atoms with Crippen molar-refractivity contribution in [1.29, 1.82) is 0 Å². The SMILES string of the molecule is COc1cnc(C(=O)Nc2ccc(F)c(C34COC[C@@H]3S(O)(O)C(C)(C)C(N)=N4)c2)c(C)c1. The molecule has 178 valence electrons. The highest BCUT2D eigenvalue weighted by atomic mass is 32.3. The summed E-state index contributed by atoms with van der Waals surface area (Å²) in [5, 5.41) is 1.83. The number of hydrogen-bond donors (Lipinski definition) is 4. The fraction of sp³-hybridized carbons (Fsp3) is 0.409. The van der Waals surface area contributed by atoms with Gasteiger partial charge in [-0.3, -0.25) is 18.9 Å². The van der Waals surface area contributed by atoms with Crippen LogP contribution in [0.1, 0.15) is 35.5 Å². The Labute approximate surface area is 192 Å². The minimum absolute atomic E-state index is 0.00642. The fourth-order valence-electron chi connectivity index (χ4n) is 4.22. The van der Waals surface area contributed by atoms with Crippen molar-refractivity contribution < 1.29 is 27.8 Å². The van der Waals surface area contributed by atoms with Gasteiger partial charge >= 0.3 is 0 Å². The third kappa shape index (κ3) is 3.55. The minimum atomic E-state index is -3.36. The number of benzene rings is 1. The lowest BCUT2D eigenvalue weighted by Gasteiger charge is -2.56. The van der Waals surface area contributed by atoms with Crippen molar-refractivity contribution in [2.75, 3.05) is 25.6 Å². The molecule has 4 rings (SSSR count). The first kappa shape index (κ1) is 23.4. The van der Waals surface area contributed by atoms with E-state index in [0.29, 0.717) is 17.0 Å². The molecule has 0 spiro atoms. The Kier molecular flexibility index (Phi) is 5.64. The number of aryl methyl sites for hydroxylation is 1. The van der Waals surface area contributed by atoms with Crippen molar-refractivity contribution >= 4 is 28.0 Å². The molecule has 0 saturated carbocycles. The second-order valence-electron chi connectivity index (χ2n) is 8.72. The van der Waals surface area contributed by atoms with Gasteiger partial charge < -0.3 is 20.5 Å². The zero-order valence-corrected chi connectivity index (χ0v) is 19.6. The molecule has 2 aliphatic rings. The van der Waals surface area contributed by atoms with Crippen LogP contribution in [0.3, 0.4) is 0 Å². The van der Waals surface area contributed by atoms with Crippen LogP contribution >= 0.6 is 10.6 Å². The summed E-state index contributed by atoms with van der Waals surface area (Å²) in [6, 6.07) is 5.72. The van der Waals surface area contributed by atoms with E-state index in [9.17, 15) is 13.9 Å². The number of ether oxygens (including phenoxy) is 2. The highest BCUT2D eigenvalue weighted by Gasteiger charge is 2.61. The molecule has 1 fully saturated rings. The van der Waals surface area contributed by atoms with Gasteiger partial charge in [-0.2, -0.15) is 10.6 Å². The van der Waals surface area contributed by atoms with Crippen molar-refractivity contribution in [3.05, 3.63) is 53.1 Å². The van der Waals surface area contributed by atoms with Crippen molar-refractivity contribution in [2.24, 2.45) is 10.7 Å². The Hall–Kier alpha value is -2.73. The number of hydrogen-bond acceptors (Lipinski definition) is 8. The highest BCUT2D eigenvalue weighted by molar-refractivity contribution is 8.26. The number of methoxy groups -OCH3 is 1. The zero-order chi connectivity index (χ0) is 24.2. The minimum Gasteiger partial charge on any atom is -0.495 e. The number of amidine groups is 1. The number of pyridine rings is 1. The zero-order valence-electron chi connectivity index (χ0n) is 18.8. The van der Waals surface area contributed by atoms with Gasteiger partial charge in [0, 0.05) is 11.3 Å². The summed E-state index contributed by atoms with van der Waals surface area (Å²) in [6.45, 7) is 4.85.